The molecule has 0 radical (unpaired) electrons. The molecule has 0 saturated carbocycles. The number of hydrogen-bond acceptors (Lipinski definition) is 3. The van der Waals surface area contributed by atoms with Crippen LogP contribution in [0.15, 0.2) is 77.8 Å². The highest BCUT2D eigenvalue weighted by atomic mass is 32.2. The molecular weight excluding hydrogens is 310 g/mol. The van der Waals surface area contributed by atoms with E-state index in [0.29, 0.717) is 6.54 Å². The zero-order valence-electron chi connectivity index (χ0n) is 12.5. The summed E-state index contributed by atoms with van der Waals surface area (Å²) in [7, 11) is -3.59. The summed E-state index contributed by atoms with van der Waals surface area (Å²) in [5.74, 6) is 0. The van der Waals surface area contributed by atoms with Crippen molar-refractivity contribution in [2.75, 3.05) is 0 Å². The van der Waals surface area contributed by atoms with Crippen LogP contribution in [-0.2, 0) is 23.1 Å². The Morgan fingerprint density at radius 2 is 1.52 bits per heavy atom. The van der Waals surface area contributed by atoms with E-state index in [2.05, 4.69) is 10.2 Å². The molecule has 6 heteroatoms. The van der Waals surface area contributed by atoms with E-state index in [-0.39, 0.29) is 11.4 Å². The predicted octanol–water partition coefficient (Wildman–Crippen LogP) is 2.80. The van der Waals surface area contributed by atoms with Crippen molar-refractivity contribution in [2.45, 2.75) is 18.0 Å². The van der Waals surface area contributed by atoms with Gasteiger partial charge in [-0.25, -0.2) is 8.42 Å². The van der Waals surface area contributed by atoms with Gasteiger partial charge in [0.1, 0.15) is 0 Å². The van der Waals surface area contributed by atoms with Gasteiger partial charge in [0, 0.05) is 12.7 Å². The summed E-state index contributed by atoms with van der Waals surface area (Å²) in [5.41, 5.74) is 1.69. The van der Waals surface area contributed by atoms with E-state index in [1.165, 1.54) is 4.31 Å². The van der Waals surface area contributed by atoms with Crippen molar-refractivity contribution < 1.29 is 8.42 Å². The average molecular weight is 327 g/mol. The third-order valence-corrected chi connectivity index (χ3v) is 5.29. The van der Waals surface area contributed by atoms with Crippen LogP contribution in [0.5, 0.6) is 0 Å². The fraction of sp³-hybridized carbons (Fsp3) is 0.118. The third-order valence-electron chi connectivity index (χ3n) is 3.49. The first-order valence-corrected chi connectivity index (χ1v) is 8.67. The van der Waals surface area contributed by atoms with Crippen LogP contribution in [0.3, 0.4) is 0 Å². The van der Waals surface area contributed by atoms with Gasteiger partial charge in [-0.3, -0.25) is 5.10 Å². The number of rotatable bonds is 6. The van der Waals surface area contributed by atoms with E-state index in [0.717, 1.165) is 11.3 Å². The van der Waals surface area contributed by atoms with Crippen molar-refractivity contribution in [2.24, 2.45) is 0 Å². The fourth-order valence-corrected chi connectivity index (χ4v) is 3.74. The number of hydrogen-bond donors (Lipinski definition) is 1. The first-order chi connectivity index (χ1) is 11.2. The van der Waals surface area contributed by atoms with E-state index < -0.39 is 10.0 Å². The van der Waals surface area contributed by atoms with E-state index in [9.17, 15) is 8.42 Å². The molecule has 1 aromatic heterocycles. The smallest absolute Gasteiger partial charge is 0.243 e. The van der Waals surface area contributed by atoms with Gasteiger partial charge in [0.05, 0.1) is 17.1 Å². The maximum Gasteiger partial charge on any atom is 0.243 e. The number of aromatic amines is 1. The van der Waals surface area contributed by atoms with E-state index >= 15 is 0 Å². The van der Waals surface area contributed by atoms with Gasteiger partial charge in [0.25, 0.3) is 0 Å². The molecule has 3 rings (SSSR count). The second-order valence-electron chi connectivity index (χ2n) is 5.15. The number of nitrogens with one attached hydrogen (secondary N) is 1. The number of aromatic nitrogens is 2. The number of sulfonamides is 1. The van der Waals surface area contributed by atoms with Gasteiger partial charge in [-0.1, -0.05) is 48.5 Å². The standard InChI is InChI=1S/C17H17N3O2S/c21-23(22,17-9-5-2-6-10-17)20(14-16-11-12-18-19-16)13-15-7-3-1-4-8-15/h1-12H,13-14H2,(H,18,19). The summed E-state index contributed by atoms with van der Waals surface area (Å²) < 4.78 is 27.4. The monoisotopic (exact) mass is 327 g/mol. The van der Waals surface area contributed by atoms with Crippen molar-refractivity contribution >= 4 is 10.0 Å². The molecule has 5 nitrogen and oxygen atoms in total. The molecule has 3 aromatic rings. The Morgan fingerprint density at radius 3 is 2.13 bits per heavy atom. The molecule has 0 spiro atoms. The minimum atomic E-state index is -3.59. The molecule has 1 N–H and O–H groups in total. The van der Waals surface area contributed by atoms with Crippen LogP contribution >= 0.6 is 0 Å². The zero-order chi connectivity index (χ0) is 16.1. The molecule has 0 fully saturated rings. The molecule has 0 aliphatic rings. The van der Waals surface area contributed by atoms with Crippen LogP contribution in [-0.4, -0.2) is 22.9 Å². The lowest BCUT2D eigenvalue weighted by atomic mass is 10.2. The van der Waals surface area contributed by atoms with Crippen LogP contribution in [0.4, 0.5) is 0 Å². The van der Waals surface area contributed by atoms with Crippen LogP contribution in [0.1, 0.15) is 11.3 Å². The van der Waals surface area contributed by atoms with Crippen LogP contribution in [0.25, 0.3) is 0 Å². The highest BCUT2D eigenvalue weighted by Crippen LogP contribution is 2.20. The summed E-state index contributed by atoms with van der Waals surface area (Å²) in [6.45, 7) is 0.545. The Labute approximate surface area is 135 Å². The molecule has 0 aliphatic carbocycles. The highest BCUT2D eigenvalue weighted by Gasteiger charge is 2.25. The van der Waals surface area contributed by atoms with Crippen LogP contribution in [0, 0.1) is 0 Å². The lowest BCUT2D eigenvalue weighted by molar-refractivity contribution is 0.396. The molecule has 23 heavy (non-hydrogen) atoms. The number of H-pyrrole nitrogens is 1. The predicted molar refractivity (Wildman–Crippen MR) is 87.9 cm³/mol. The minimum Gasteiger partial charge on any atom is -0.281 e. The van der Waals surface area contributed by atoms with Crippen molar-refractivity contribution in [3.05, 3.63) is 84.2 Å². The Hall–Kier alpha value is -2.44. The Bertz CT molecular complexity index is 832. The van der Waals surface area contributed by atoms with Crippen molar-refractivity contribution in [1.82, 2.24) is 14.5 Å². The normalized spacial score (nSPS) is 11.7. The summed E-state index contributed by atoms with van der Waals surface area (Å²) in [6.07, 6.45) is 1.62. The molecule has 0 unspecified atom stereocenters. The molecular formula is C17H17N3O2S. The Morgan fingerprint density at radius 1 is 0.870 bits per heavy atom. The Kier molecular flexibility index (Phi) is 4.55. The maximum atomic E-state index is 13.0. The second-order valence-corrected chi connectivity index (χ2v) is 7.09. The molecule has 0 atom stereocenters. The fourth-order valence-electron chi connectivity index (χ4n) is 2.32. The molecule has 118 valence electrons. The van der Waals surface area contributed by atoms with E-state index in [4.69, 9.17) is 0 Å². The zero-order valence-corrected chi connectivity index (χ0v) is 13.3. The van der Waals surface area contributed by atoms with Gasteiger partial charge in [-0.2, -0.15) is 9.40 Å². The van der Waals surface area contributed by atoms with E-state index in [1.807, 2.05) is 30.3 Å². The van der Waals surface area contributed by atoms with Gasteiger partial charge >= 0.3 is 0 Å². The number of nitrogens with zero attached hydrogens (tertiary/aromatic N) is 2. The van der Waals surface area contributed by atoms with Gasteiger partial charge < -0.3 is 0 Å². The van der Waals surface area contributed by atoms with Crippen LogP contribution < -0.4 is 0 Å². The molecule has 1 heterocycles. The Balaban J connectivity index is 1.94. The first-order valence-electron chi connectivity index (χ1n) is 7.23. The lowest BCUT2D eigenvalue weighted by Crippen LogP contribution is -2.30. The second kappa shape index (κ2) is 6.76. The molecule has 0 bridgehead atoms. The van der Waals surface area contributed by atoms with E-state index in [1.54, 1.807) is 42.6 Å². The van der Waals surface area contributed by atoms with Gasteiger partial charge in [-0.05, 0) is 23.8 Å². The highest BCUT2D eigenvalue weighted by molar-refractivity contribution is 7.89. The molecule has 0 saturated heterocycles. The molecule has 0 aliphatic heterocycles. The molecule has 2 aromatic carbocycles. The van der Waals surface area contributed by atoms with Gasteiger partial charge in [0.15, 0.2) is 0 Å². The topological polar surface area (TPSA) is 66.1 Å². The van der Waals surface area contributed by atoms with Gasteiger partial charge in [-0.15, -0.1) is 0 Å². The molecule has 0 amide bonds. The number of benzene rings is 2. The van der Waals surface area contributed by atoms with Gasteiger partial charge in [0.2, 0.25) is 10.0 Å². The summed E-state index contributed by atoms with van der Waals surface area (Å²) in [5, 5.41) is 6.71. The quantitative estimate of drug-likeness (QED) is 0.757. The summed E-state index contributed by atoms with van der Waals surface area (Å²) in [6, 6.07) is 19.8. The van der Waals surface area contributed by atoms with Crippen molar-refractivity contribution in [3.8, 4) is 0 Å². The minimum absolute atomic E-state index is 0.242. The van der Waals surface area contributed by atoms with Crippen LogP contribution in [0.2, 0.25) is 0 Å². The SMILES string of the molecule is O=S(=O)(c1ccccc1)N(Cc1ccccc1)Cc1ccn[nH]1. The largest absolute Gasteiger partial charge is 0.281 e. The summed E-state index contributed by atoms with van der Waals surface area (Å²) in [4.78, 5) is 0.287. The average Bonchev–Trinajstić information content (AvgIpc) is 3.09. The van der Waals surface area contributed by atoms with Crippen molar-refractivity contribution in [3.63, 3.8) is 0 Å². The third kappa shape index (κ3) is 3.67. The first kappa shape index (κ1) is 15.5. The van der Waals surface area contributed by atoms with Crippen molar-refractivity contribution in [1.29, 1.82) is 0 Å². The lowest BCUT2D eigenvalue weighted by Gasteiger charge is -2.21. The maximum absolute atomic E-state index is 13.0. The summed E-state index contributed by atoms with van der Waals surface area (Å²) >= 11 is 0.